The van der Waals surface area contributed by atoms with Crippen LogP contribution in [-0.2, 0) is 11.3 Å². The number of aromatic nitrogens is 1. The molecule has 0 unspecified atom stereocenters. The molecule has 7 nitrogen and oxygen atoms in total. The first kappa shape index (κ1) is 14.6. The summed E-state index contributed by atoms with van der Waals surface area (Å²) < 4.78 is 10.2. The van der Waals surface area contributed by atoms with E-state index in [1.165, 1.54) is 6.07 Å². The van der Waals surface area contributed by atoms with Gasteiger partial charge in [-0.05, 0) is 14.1 Å². The van der Waals surface area contributed by atoms with E-state index in [0.29, 0.717) is 32.1 Å². The second kappa shape index (κ2) is 7.80. The fourth-order valence-electron chi connectivity index (χ4n) is 1.20. The van der Waals surface area contributed by atoms with Crippen molar-refractivity contribution >= 4 is 5.97 Å². The third-order valence-corrected chi connectivity index (χ3v) is 2.18. The van der Waals surface area contributed by atoms with E-state index in [-0.39, 0.29) is 5.69 Å². The van der Waals surface area contributed by atoms with Gasteiger partial charge in [0, 0.05) is 19.2 Å². The number of aromatic carboxylic acids is 1. The van der Waals surface area contributed by atoms with E-state index in [4.69, 9.17) is 14.4 Å². The Bertz CT molecular complexity index is 365. The molecule has 1 aromatic rings. The zero-order valence-electron chi connectivity index (χ0n) is 10.7. The molecule has 102 valence electrons. The number of rotatable bonds is 9. The van der Waals surface area contributed by atoms with Gasteiger partial charge in [-0.3, -0.25) is 0 Å². The minimum absolute atomic E-state index is 0.0750. The first-order chi connectivity index (χ1) is 8.59. The number of hydrogen-bond acceptors (Lipinski definition) is 6. The first-order valence-corrected chi connectivity index (χ1v) is 5.71. The first-order valence-electron chi connectivity index (χ1n) is 5.71. The van der Waals surface area contributed by atoms with Crippen molar-refractivity contribution in [3.8, 4) is 0 Å². The fourth-order valence-corrected chi connectivity index (χ4v) is 1.20. The van der Waals surface area contributed by atoms with Gasteiger partial charge in [-0.1, -0.05) is 5.16 Å². The summed E-state index contributed by atoms with van der Waals surface area (Å²) in [5, 5.41) is 15.1. The van der Waals surface area contributed by atoms with Crippen molar-refractivity contribution in [3.05, 3.63) is 17.5 Å². The Hall–Kier alpha value is -1.44. The summed E-state index contributed by atoms with van der Waals surface area (Å²) in [6, 6.07) is 1.40. The Morgan fingerprint density at radius 2 is 2.33 bits per heavy atom. The molecule has 0 saturated carbocycles. The van der Waals surface area contributed by atoms with Crippen LogP contribution in [0.3, 0.4) is 0 Å². The summed E-state index contributed by atoms with van der Waals surface area (Å²) in [4.78, 5) is 12.6. The Labute approximate surface area is 106 Å². The molecule has 0 atom stereocenters. The highest BCUT2D eigenvalue weighted by atomic mass is 16.5. The van der Waals surface area contributed by atoms with Crippen molar-refractivity contribution in [1.82, 2.24) is 15.4 Å². The minimum atomic E-state index is -1.09. The third kappa shape index (κ3) is 5.76. The molecule has 0 fully saturated rings. The van der Waals surface area contributed by atoms with Crippen LogP contribution in [0.15, 0.2) is 10.6 Å². The van der Waals surface area contributed by atoms with Gasteiger partial charge in [0.2, 0.25) is 0 Å². The Balaban J connectivity index is 2.05. The predicted octanol–water partition coefficient (Wildman–Crippen LogP) is 0.0406. The number of carboxylic acids is 1. The summed E-state index contributed by atoms with van der Waals surface area (Å²) in [6.07, 6.45) is 0. The van der Waals surface area contributed by atoms with E-state index < -0.39 is 5.97 Å². The molecular weight excluding hydrogens is 238 g/mol. The molecule has 0 bridgehead atoms. The lowest BCUT2D eigenvalue weighted by molar-refractivity contribution is 0.0685. The molecule has 1 heterocycles. The van der Waals surface area contributed by atoms with Crippen LogP contribution >= 0.6 is 0 Å². The van der Waals surface area contributed by atoms with Crippen LogP contribution in [0, 0.1) is 0 Å². The largest absolute Gasteiger partial charge is 0.476 e. The van der Waals surface area contributed by atoms with Gasteiger partial charge in [-0.15, -0.1) is 0 Å². The molecule has 0 radical (unpaired) electrons. The van der Waals surface area contributed by atoms with Crippen LogP contribution < -0.4 is 5.32 Å². The van der Waals surface area contributed by atoms with E-state index in [0.717, 1.165) is 6.54 Å². The van der Waals surface area contributed by atoms with Crippen molar-refractivity contribution in [2.75, 3.05) is 40.4 Å². The lowest BCUT2D eigenvalue weighted by atomic mass is 10.3. The van der Waals surface area contributed by atoms with E-state index in [9.17, 15) is 4.79 Å². The lowest BCUT2D eigenvalue weighted by Crippen LogP contribution is -2.22. The number of carbonyl (C=O) groups is 1. The van der Waals surface area contributed by atoms with Crippen molar-refractivity contribution in [2.24, 2.45) is 0 Å². The molecule has 0 amide bonds. The van der Waals surface area contributed by atoms with Crippen molar-refractivity contribution in [2.45, 2.75) is 6.54 Å². The summed E-state index contributed by atoms with van der Waals surface area (Å²) in [6.45, 7) is 3.31. The van der Waals surface area contributed by atoms with Crippen molar-refractivity contribution in [1.29, 1.82) is 0 Å². The average molecular weight is 257 g/mol. The molecule has 7 heteroatoms. The van der Waals surface area contributed by atoms with E-state index in [2.05, 4.69) is 15.4 Å². The zero-order valence-corrected chi connectivity index (χ0v) is 10.7. The summed E-state index contributed by atoms with van der Waals surface area (Å²) in [5.74, 6) is -0.585. The summed E-state index contributed by atoms with van der Waals surface area (Å²) in [7, 11) is 3.98. The lowest BCUT2D eigenvalue weighted by Gasteiger charge is -2.09. The fraction of sp³-hybridized carbons (Fsp3) is 0.636. The number of carboxylic acid groups (broad SMARTS) is 1. The highest BCUT2D eigenvalue weighted by Gasteiger charge is 2.09. The molecule has 1 rings (SSSR count). The van der Waals surface area contributed by atoms with Gasteiger partial charge < -0.3 is 24.6 Å². The maximum absolute atomic E-state index is 10.6. The molecule has 0 aliphatic rings. The molecule has 18 heavy (non-hydrogen) atoms. The van der Waals surface area contributed by atoms with Gasteiger partial charge in [0.25, 0.3) is 0 Å². The van der Waals surface area contributed by atoms with E-state index >= 15 is 0 Å². The number of nitrogens with zero attached hydrogens (tertiary/aromatic N) is 2. The maximum atomic E-state index is 10.6. The normalized spacial score (nSPS) is 11.1. The van der Waals surface area contributed by atoms with Crippen LogP contribution in [0.1, 0.15) is 16.2 Å². The summed E-state index contributed by atoms with van der Waals surface area (Å²) >= 11 is 0. The number of nitrogens with one attached hydrogen (secondary N) is 1. The van der Waals surface area contributed by atoms with Crippen LogP contribution in [-0.4, -0.2) is 61.5 Å². The maximum Gasteiger partial charge on any atom is 0.358 e. The predicted molar refractivity (Wildman–Crippen MR) is 64.5 cm³/mol. The van der Waals surface area contributed by atoms with Gasteiger partial charge >= 0.3 is 5.97 Å². The van der Waals surface area contributed by atoms with Gasteiger partial charge in [-0.2, -0.15) is 0 Å². The van der Waals surface area contributed by atoms with Crippen LogP contribution in [0.2, 0.25) is 0 Å². The molecular formula is C11H19N3O4. The summed E-state index contributed by atoms with van der Waals surface area (Å²) in [5.41, 5.74) is -0.0750. The third-order valence-electron chi connectivity index (χ3n) is 2.18. The standard InChI is InChI=1S/C11H19N3O4/c1-14(2)4-6-17-5-3-12-8-9-7-10(11(15)16)13-18-9/h7,12H,3-6,8H2,1-2H3,(H,15,16). The Morgan fingerprint density at radius 1 is 1.56 bits per heavy atom. The second-order valence-electron chi connectivity index (χ2n) is 4.08. The topological polar surface area (TPSA) is 87.8 Å². The average Bonchev–Trinajstić information content (AvgIpc) is 2.76. The Morgan fingerprint density at radius 3 is 2.94 bits per heavy atom. The zero-order chi connectivity index (χ0) is 13.4. The molecule has 0 saturated heterocycles. The minimum Gasteiger partial charge on any atom is -0.476 e. The highest BCUT2D eigenvalue weighted by molar-refractivity contribution is 5.85. The molecule has 0 spiro atoms. The molecule has 0 aliphatic heterocycles. The SMILES string of the molecule is CN(C)CCOCCNCc1cc(C(=O)O)no1. The van der Waals surface area contributed by atoms with Crippen LogP contribution in [0.4, 0.5) is 0 Å². The molecule has 0 aliphatic carbocycles. The van der Waals surface area contributed by atoms with Crippen LogP contribution in [0.5, 0.6) is 0 Å². The van der Waals surface area contributed by atoms with Crippen molar-refractivity contribution in [3.63, 3.8) is 0 Å². The Kier molecular flexibility index (Phi) is 6.34. The van der Waals surface area contributed by atoms with Crippen molar-refractivity contribution < 1.29 is 19.2 Å². The number of ether oxygens (including phenoxy) is 1. The van der Waals surface area contributed by atoms with Gasteiger partial charge in [0.05, 0.1) is 19.8 Å². The smallest absolute Gasteiger partial charge is 0.358 e. The van der Waals surface area contributed by atoms with Gasteiger partial charge in [0.15, 0.2) is 11.5 Å². The molecule has 1 aromatic heterocycles. The quantitative estimate of drug-likeness (QED) is 0.604. The highest BCUT2D eigenvalue weighted by Crippen LogP contribution is 2.02. The molecule has 2 N–H and O–H groups in total. The van der Waals surface area contributed by atoms with E-state index in [1.807, 2.05) is 14.1 Å². The van der Waals surface area contributed by atoms with Gasteiger partial charge in [0.1, 0.15) is 0 Å². The van der Waals surface area contributed by atoms with E-state index in [1.54, 1.807) is 0 Å². The monoisotopic (exact) mass is 257 g/mol. The van der Waals surface area contributed by atoms with Crippen LogP contribution in [0.25, 0.3) is 0 Å². The number of likely N-dealkylation sites (N-methyl/N-ethyl adjacent to an activating group) is 1. The second-order valence-corrected chi connectivity index (χ2v) is 4.08. The number of hydrogen-bond donors (Lipinski definition) is 2. The molecule has 0 aromatic carbocycles. The van der Waals surface area contributed by atoms with Gasteiger partial charge in [-0.25, -0.2) is 4.79 Å².